The third-order valence-corrected chi connectivity index (χ3v) is 5.96. The molecule has 0 fully saturated rings. The minimum atomic E-state index is -1.13. The first-order valence-electron chi connectivity index (χ1n) is 8.94. The van der Waals surface area contributed by atoms with Gasteiger partial charge in [-0.2, -0.15) is 0 Å². The van der Waals surface area contributed by atoms with Gasteiger partial charge in [-0.25, -0.2) is 9.97 Å². The van der Waals surface area contributed by atoms with E-state index < -0.39 is 12.0 Å². The van der Waals surface area contributed by atoms with Crippen LogP contribution < -0.4 is 10.4 Å². The van der Waals surface area contributed by atoms with E-state index in [-0.39, 0.29) is 0 Å². The number of carboxylic acid groups (broad SMARTS) is 1. The van der Waals surface area contributed by atoms with E-state index in [0.717, 1.165) is 35.0 Å². The maximum absolute atomic E-state index is 11.2. The van der Waals surface area contributed by atoms with E-state index in [1.807, 2.05) is 30.3 Å². The number of hydrogen-bond donors (Lipinski definition) is 1. The van der Waals surface area contributed by atoms with Crippen LogP contribution in [-0.2, 0) is 24.1 Å². The number of aromatic nitrogens is 2. The standard InChI is InChI=1S/C20H21N3O2S/c1-12(20(24)25)21-18-17-14-9-5-6-10-15(14)26-19(17)23-16(22-18)11-13-7-3-2-4-8-13/h2-4,7-8,12H,5-6,9-11H2,1H3,(H,24,25)(H,21,22,23)/p-1/t12-/m0/s1. The van der Waals surface area contributed by atoms with E-state index in [1.54, 1.807) is 18.3 Å². The van der Waals surface area contributed by atoms with Crippen molar-refractivity contribution < 1.29 is 9.90 Å². The van der Waals surface area contributed by atoms with Crippen LogP contribution in [0.15, 0.2) is 30.3 Å². The zero-order valence-corrected chi connectivity index (χ0v) is 15.4. The van der Waals surface area contributed by atoms with Crippen molar-refractivity contribution in [3.8, 4) is 0 Å². The lowest BCUT2D eigenvalue weighted by molar-refractivity contribution is -0.306. The first-order chi connectivity index (χ1) is 12.6. The lowest BCUT2D eigenvalue weighted by atomic mass is 9.97. The molecule has 4 rings (SSSR count). The molecule has 0 unspecified atom stereocenters. The topological polar surface area (TPSA) is 77.9 Å². The van der Waals surface area contributed by atoms with Crippen molar-refractivity contribution in [2.45, 2.75) is 45.1 Å². The van der Waals surface area contributed by atoms with Gasteiger partial charge in [-0.3, -0.25) is 0 Å². The fraction of sp³-hybridized carbons (Fsp3) is 0.350. The molecular weight excluding hydrogens is 346 g/mol. The van der Waals surface area contributed by atoms with Crippen LogP contribution in [0.25, 0.3) is 10.2 Å². The van der Waals surface area contributed by atoms with Crippen LogP contribution in [0.3, 0.4) is 0 Å². The highest BCUT2D eigenvalue weighted by Crippen LogP contribution is 2.38. The minimum absolute atomic E-state index is 0.619. The molecule has 1 aliphatic rings. The first kappa shape index (κ1) is 17.0. The third kappa shape index (κ3) is 3.29. The van der Waals surface area contributed by atoms with Gasteiger partial charge in [0.15, 0.2) is 0 Å². The maximum atomic E-state index is 11.2. The number of nitrogens with one attached hydrogen (secondary N) is 1. The van der Waals surface area contributed by atoms with Gasteiger partial charge in [-0.15, -0.1) is 11.3 Å². The fourth-order valence-electron chi connectivity index (χ4n) is 3.43. The van der Waals surface area contributed by atoms with Gasteiger partial charge in [0.1, 0.15) is 16.5 Å². The normalized spacial score (nSPS) is 14.8. The molecule has 1 aliphatic carbocycles. The van der Waals surface area contributed by atoms with Gasteiger partial charge < -0.3 is 15.2 Å². The molecule has 6 heteroatoms. The molecule has 5 nitrogen and oxygen atoms in total. The first-order valence-corrected chi connectivity index (χ1v) is 9.76. The smallest absolute Gasteiger partial charge is 0.139 e. The van der Waals surface area contributed by atoms with Crippen LogP contribution in [0.1, 0.15) is 41.6 Å². The highest BCUT2D eigenvalue weighted by atomic mass is 32.1. The molecule has 26 heavy (non-hydrogen) atoms. The van der Waals surface area contributed by atoms with Gasteiger partial charge in [0.2, 0.25) is 0 Å². The number of benzene rings is 1. The number of thiophene rings is 1. The molecule has 0 saturated carbocycles. The summed E-state index contributed by atoms with van der Waals surface area (Å²) in [6.45, 7) is 1.58. The number of aliphatic carboxylic acids is 1. The number of fused-ring (bicyclic) bond motifs is 3. The molecule has 0 amide bonds. The fourth-order valence-corrected chi connectivity index (χ4v) is 4.71. The van der Waals surface area contributed by atoms with Crippen molar-refractivity contribution >= 4 is 33.3 Å². The lowest BCUT2D eigenvalue weighted by Crippen LogP contribution is -2.38. The van der Waals surface area contributed by atoms with E-state index in [1.165, 1.54) is 16.9 Å². The predicted octanol–water partition coefficient (Wildman–Crippen LogP) is 2.71. The van der Waals surface area contributed by atoms with E-state index in [2.05, 4.69) is 5.32 Å². The number of hydrogen-bond acceptors (Lipinski definition) is 6. The van der Waals surface area contributed by atoms with Crippen molar-refractivity contribution in [3.63, 3.8) is 0 Å². The van der Waals surface area contributed by atoms with Gasteiger partial charge in [0.05, 0.1) is 17.4 Å². The van der Waals surface area contributed by atoms with Crippen LogP contribution in [0.5, 0.6) is 0 Å². The van der Waals surface area contributed by atoms with Crippen molar-refractivity contribution in [2.24, 2.45) is 0 Å². The van der Waals surface area contributed by atoms with Gasteiger partial charge in [-0.1, -0.05) is 30.3 Å². The number of anilines is 1. The number of carbonyl (C=O) groups excluding carboxylic acids is 1. The van der Waals surface area contributed by atoms with Gasteiger partial charge >= 0.3 is 0 Å². The van der Waals surface area contributed by atoms with Crippen molar-refractivity contribution in [1.82, 2.24) is 9.97 Å². The summed E-state index contributed by atoms with van der Waals surface area (Å²) in [6, 6.07) is 9.25. The largest absolute Gasteiger partial charge is 0.548 e. The Morgan fingerprint density at radius 3 is 2.77 bits per heavy atom. The van der Waals surface area contributed by atoms with E-state index in [9.17, 15) is 9.90 Å². The molecule has 1 N–H and O–H groups in total. The SMILES string of the molecule is C[C@H](Nc1nc(Cc2ccccc2)nc2sc3c(c12)CCCC3)C(=O)[O-]. The molecule has 0 bridgehead atoms. The molecular formula is C20H20N3O2S-. The average molecular weight is 366 g/mol. The Balaban J connectivity index is 1.80. The van der Waals surface area contributed by atoms with Crippen molar-refractivity contribution in [1.29, 1.82) is 0 Å². The quantitative estimate of drug-likeness (QED) is 0.751. The molecule has 134 valence electrons. The highest BCUT2D eigenvalue weighted by Gasteiger charge is 2.22. The summed E-state index contributed by atoms with van der Waals surface area (Å²) in [5, 5.41) is 15.3. The Labute approximate surface area is 156 Å². The molecule has 3 aromatic rings. The van der Waals surface area contributed by atoms with Gasteiger partial charge in [0.25, 0.3) is 0 Å². The van der Waals surface area contributed by atoms with Crippen molar-refractivity contribution in [2.75, 3.05) is 5.32 Å². The monoisotopic (exact) mass is 366 g/mol. The Kier molecular flexibility index (Phi) is 4.59. The predicted molar refractivity (Wildman–Crippen MR) is 101 cm³/mol. The van der Waals surface area contributed by atoms with Crippen molar-refractivity contribution in [3.05, 3.63) is 52.2 Å². The molecule has 0 spiro atoms. The number of carbonyl (C=O) groups is 1. The van der Waals surface area contributed by atoms with E-state index in [0.29, 0.717) is 18.1 Å². The number of carboxylic acids is 1. The Morgan fingerprint density at radius 1 is 1.23 bits per heavy atom. The number of nitrogens with zero attached hydrogens (tertiary/aromatic N) is 2. The second-order valence-corrected chi connectivity index (χ2v) is 7.81. The number of aryl methyl sites for hydroxylation is 2. The molecule has 1 atom stereocenters. The highest BCUT2D eigenvalue weighted by molar-refractivity contribution is 7.19. The zero-order chi connectivity index (χ0) is 18.1. The van der Waals surface area contributed by atoms with Crippen LogP contribution >= 0.6 is 11.3 Å². The molecule has 2 aromatic heterocycles. The molecule has 0 saturated heterocycles. The molecule has 0 radical (unpaired) electrons. The van der Waals surface area contributed by atoms with Gasteiger partial charge in [0, 0.05) is 11.3 Å². The van der Waals surface area contributed by atoms with Crippen LogP contribution in [0, 0.1) is 0 Å². The zero-order valence-electron chi connectivity index (χ0n) is 14.6. The summed E-state index contributed by atoms with van der Waals surface area (Å²) >= 11 is 1.72. The van der Waals surface area contributed by atoms with E-state index in [4.69, 9.17) is 9.97 Å². The average Bonchev–Trinajstić information content (AvgIpc) is 3.01. The summed E-state index contributed by atoms with van der Waals surface area (Å²) in [4.78, 5) is 23.0. The summed E-state index contributed by atoms with van der Waals surface area (Å²) < 4.78 is 0. The van der Waals surface area contributed by atoms with Gasteiger partial charge in [-0.05, 0) is 43.7 Å². The van der Waals surface area contributed by atoms with Crippen LogP contribution in [-0.4, -0.2) is 22.0 Å². The van der Waals surface area contributed by atoms with E-state index >= 15 is 0 Å². The van der Waals surface area contributed by atoms with Crippen LogP contribution in [0.2, 0.25) is 0 Å². The summed E-state index contributed by atoms with van der Waals surface area (Å²) in [5.41, 5.74) is 2.42. The Morgan fingerprint density at radius 2 is 2.00 bits per heavy atom. The Bertz CT molecular complexity index is 953. The summed E-state index contributed by atoms with van der Waals surface area (Å²) in [6.07, 6.45) is 5.04. The second-order valence-electron chi connectivity index (χ2n) is 6.73. The Hall–Kier alpha value is -2.47. The molecule has 2 heterocycles. The summed E-state index contributed by atoms with van der Waals surface area (Å²) in [7, 11) is 0. The minimum Gasteiger partial charge on any atom is -0.548 e. The maximum Gasteiger partial charge on any atom is 0.139 e. The van der Waals surface area contributed by atoms with Crippen LogP contribution in [0.4, 0.5) is 5.82 Å². The molecule has 1 aromatic carbocycles. The lowest BCUT2D eigenvalue weighted by Gasteiger charge is -2.18. The third-order valence-electron chi connectivity index (χ3n) is 4.77. The second kappa shape index (κ2) is 7.03. The number of rotatable bonds is 5. The molecule has 0 aliphatic heterocycles. The summed E-state index contributed by atoms with van der Waals surface area (Å²) in [5.74, 6) is 0.192.